The number of piperidine rings is 1. The van der Waals surface area contributed by atoms with Crippen molar-refractivity contribution in [2.24, 2.45) is 0 Å². The fourth-order valence-electron chi connectivity index (χ4n) is 3.08. The number of amides is 1. The highest BCUT2D eigenvalue weighted by molar-refractivity contribution is 5.76. The summed E-state index contributed by atoms with van der Waals surface area (Å²) < 4.78 is 13.8. The van der Waals surface area contributed by atoms with Gasteiger partial charge in [0.2, 0.25) is 5.91 Å². The molecule has 126 valence electrons. The molecule has 1 aliphatic heterocycles. The summed E-state index contributed by atoms with van der Waals surface area (Å²) in [6, 6.07) is 10.9. The van der Waals surface area contributed by atoms with E-state index in [9.17, 15) is 9.18 Å². The van der Waals surface area contributed by atoms with Crippen LogP contribution in [0.4, 0.5) is 10.1 Å². The monoisotopic (exact) mass is 327 g/mol. The van der Waals surface area contributed by atoms with E-state index in [0.29, 0.717) is 18.5 Å². The van der Waals surface area contributed by atoms with Crippen LogP contribution in [0.25, 0.3) is 0 Å². The van der Waals surface area contributed by atoms with Crippen molar-refractivity contribution in [3.63, 3.8) is 0 Å². The summed E-state index contributed by atoms with van der Waals surface area (Å²) >= 11 is 0. The molecule has 1 amide bonds. The Morgan fingerprint density at radius 2 is 2.00 bits per heavy atom. The summed E-state index contributed by atoms with van der Waals surface area (Å²) in [5.74, 6) is -0.111. The van der Waals surface area contributed by atoms with E-state index in [1.165, 1.54) is 6.07 Å². The molecule has 1 saturated heterocycles. The summed E-state index contributed by atoms with van der Waals surface area (Å²) in [6.45, 7) is 1.52. The van der Waals surface area contributed by atoms with Crippen molar-refractivity contribution in [3.8, 4) is 0 Å². The van der Waals surface area contributed by atoms with E-state index in [1.807, 2.05) is 29.2 Å². The van der Waals surface area contributed by atoms with Gasteiger partial charge in [0, 0.05) is 37.9 Å². The number of aryl methyl sites for hydroxylation is 1. The molecule has 0 spiro atoms. The highest BCUT2D eigenvalue weighted by Gasteiger charge is 2.22. The number of rotatable bonds is 5. The van der Waals surface area contributed by atoms with Gasteiger partial charge in [-0.15, -0.1) is 0 Å². The van der Waals surface area contributed by atoms with Crippen LogP contribution in [0.5, 0.6) is 0 Å². The number of nitrogens with zero attached hydrogens (tertiary/aromatic N) is 2. The molecule has 0 atom stereocenters. The van der Waals surface area contributed by atoms with Crippen molar-refractivity contribution in [1.29, 1.82) is 0 Å². The van der Waals surface area contributed by atoms with Crippen LogP contribution < -0.4 is 10.2 Å². The predicted octanol–water partition coefficient (Wildman–Crippen LogP) is 2.94. The third-order valence-electron chi connectivity index (χ3n) is 4.42. The standard InChI is InChI=1S/C19H22FN3O/c20-17-5-1-2-6-18(17)23-12-9-16(10-13-23)22-19(24)8-7-15-4-3-11-21-14-15/h1-6,11,14,16H,7-10,12-13H2,(H,22,24). The van der Waals surface area contributed by atoms with Crippen LogP contribution in [-0.2, 0) is 11.2 Å². The zero-order valence-corrected chi connectivity index (χ0v) is 13.6. The number of benzene rings is 1. The third kappa shape index (κ3) is 4.31. The number of aromatic nitrogens is 1. The van der Waals surface area contributed by atoms with Crippen molar-refractivity contribution in [3.05, 3.63) is 60.2 Å². The predicted molar refractivity (Wildman–Crippen MR) is 92.3 cm³/mol. The Morgan fingerprint density at radius 3 is 2.71 bits per heavy atom. The van der Waals surface area contributed by atoms with Gasteiger partial charge in [-0.1, -0.05) is 18.2 Å². The molecule has 0 radical (unpaired) electrons. The molecule has 2 heterocycles. The average molecular weight is 327 g/mol. The SMILES string of the molecule is O=C(CCc1cccnc1)NC1CCN(c2ccccc2F)CC1. The Balaban J connectivity index is 1.44. The molecule has 4 nitrogen and oxygen atoms in total. The van der Waals surface area contributed by atoms with E-state index in [2.05, 4.69) is 10.3 Å². The zero-order chi connectivity index (χ0) is 16.8. The van der Waals surface area contributed by atoms with E-state index >= 15 is 0 Å². The molecule has 1 aliphatic rings. The molecule has 2 aromatic rings. The lowest BCUT2D eigenvalue weighted by Gasteiger charge is -2.34. The fraction of sp³-hybridized carbons (Fsp3) is 0.368. The number of halogens is 1. The minimum Gasteiger partial charge on any atom is -0.369 e. The van der Waals surface area contributed by atoms with Gasteiger partial charge in [0.1, 0.15) is 5.82 Å². The number of pyridine rings is 1. The Kier molecular flexibility index (Phi) is 5.41. The number of nitrogens with one attached hydrogen (secondary N) is 1. The third-order valence-corrected chi connectivity index (χ3v) is 4.42. The van der Waals surface area contributed by atoms with Crippen LogP contribution in [0.15, 0.2) is 48.8 Å². The van der Waals surface area contributed by atoms with Crippen LogP contribution in [-0.4, -0.2) is 30.0 Å². The molecule has 0 unspecified atom stereocenters. The van der Waals surface area contributed by atoms with E-state index in [4.69, 9.17) is 0 Å². The van der Waals surface area contributed by atoms with Gasteiger partial charge >= 0.3 is 0 Å². The number of carbonyl (C=O) groups excluding carboxylic acids is 1. The molecule has 1 aromatic heterocycles. The van der Waals surface area contributed by atoms with E-state index in [-0.39, 0.29) is 17.8 Å². The first kappa shape index (κ1) is 16.4. The highest BCUT2D eigenvalue weighted by atomic mass is 19.1. The van der Waals surface area contributed by atoms with E-state index in [0.717, 1.165) is 31.5 Å². The Hall–Kier alpha value is -2.43. The van der Waals surface area contributed by atoms with Gasteiger partial charge in [0.15, 0.2) is 0 Å². The topological polar surface area (TPSA) is 45.2 Å². The fourth-order valence-corrected chi connectivity index (χ4v) is 3.08. The number of para-hydroxylation sites is 1. The lowest BCUT2D eigenvalue weighted by Crippen LogP contribution is -2.45. The summed E-state index contributed by atoms with van der Waals surface area (Å²) in [5, 5.41) is 3.10. The molecule has 1 fully saturated rings. The first-order valence-electron chi connectivity index (χ1n) is 8.40. The second kappa shape index (κ2) is 7.90. The molecule has 3 rings (SSSR count). The zero-order valence-electron chi connectivity index (χ0n) is 13.6. The van der Waals surface area contributed by atoms with Crippen molar-refractivity contribution in [2.75, 3.05) is 18.0 Å². The summed E-state index contributed by atoms with van der Waals surface area (Å²) in [5.41, 5.74) is 1.72. The van der Waals surface area contributed by atoms with Crippen molar-refractivity contribution in [1.82, 2.24) is 10.3 Å². The van der Waals surface area contributed by atoms with Crippen LogP contribution >= 0.6 is 0 Å². The Morgan fingerprint density at radius 1 is 1.21 bits per heavy atom. The second-order valence-electron chi connectivity index (χ2n) is 6.14. The lowest BCUT2D eigenvalue weighted by atomic mass is 10.0. The van der Waals surface area contributed by atoms with Gasteiger partial charge < -0.3 is 10.2 Å². The first-order valence-corrected chi connectivity index (χ1v) is 8.40. The Labute approximate surface area is 141 Å². The van der Waals surface area contributed by atoms with Crippen LogP contribution in [0, 0.1) is 5.82 Å². The number of carbonyl (C=O) groups is 1. The van der Waals surface area contributed by atoms with E-state index in [1.54, 1.807) is 18.5 Å². The summed E-state index contributed by atoms with van der Waals surface area (Å²) in [7, 11) is 0. The number of hydrogen-bond donors (Lipinski definition) is 1. The van der Waals surface area contributed by atoms with E-state index < -0.39 is 0 Å². The maximum absolute atomic E-state index is 13.8. The normalized spacial score (nSPS) is 15.3. The van der Waals surface area contributed by atoms with Gasteiger partial charge in [-0.2, -0.15) is 0 Å². The number of anilines is 1. The minimum atomic E-state index is -0.184. The maximum Gasteiger partial charge on any atom is 0.220 e. The van der Waals surface area contributed by atoms with Gasteiger partial charge in [0.05, 0.1) is 5.69 Å². The summed E-state index contributed by atoms with van der Waals surface area (Å²) in [6.07, 6.45) is 6.37. The van der Waals surface area contributed by atoms with Gasteiger partial charge in [0.25, 0.3) is 0 Å². The highest BCUT2D eigenvalue weighted by Crippen LogP contribution is 2.22. The number of hydrogen-bond acceptors (Lipinski definition) is 3. The van der Waals surface area contributed by atoms with Crippen molar-refractivity contribution in [2.45, 2.75) is 31.7 Å². The van der Waals surface area contributed by atoms with Crippen LogP contribution in [0.1, 0.15) is 24.8 Å². The molecule has 0 saturated carbocycles. The molecule has 1 aromatic carbocycles. The second-order valence-corrected chi connectivity index (χ2v) is 6.14. The van der Waals surface area contributed by atoms with Gasteiger partial charge in [-0.05, 0) is 43.0 Å². The largest absolute Gasteiger partial charge is 0.369 e. The first-order chi connectivity index (χ1) is 11.7. The quantitative estimate of drug-likeness (QED) is 0.918. The maximum atomic E-state index is 13.8. The van der Waals surface area contributed by atoms with Crippen LogP contribution in [0.2, 0.25) is 0 Å². The van der Waals surface area contributed by atoms with Crippen molar-refractivity contribution < 1.29 is 9.18 Å². The molecule has 0 bridgehead atoms. The molecular formula is C19H22FN3O. The molecule has 24 heavy (non-hydrogen) atoms. The van der Waals surface area contributed by atoms with Gasteiger partial charge in [-0.3, -0.25) is 9.78 Å². The molecule has 5 heteroatoms. The summed E-state index contributed by atoms with van der Waals surface area (Å²) in [4.78, 5) is 18.2. The minimum absolute atomic E-state index is 0.0724. The lowest BCUT2D eigenvalue weighted by molar-refractivity contribution is -0.121. The van der Waals surface area contributed by atoms with Crippen LogP contribution in [0.3, 0.4) is 0 Å². The van der Waals surface area contributed by atoms with Crippen molar-refractivity contribution >= 4 is 11.6 Å². The molecule has 1 N–H and O–H groups in total. The molecular weight excluding hydrogens is 305 g/mol. The molecule has 0 aliphatic carbocycles. The Bertz CT molecular complexity index is 669. The average Bonchev–Trinajstić information content (AvgIpc) is 2.62. The van der Waals surface area contributed by atoms with Gasteiger partial charge in [-0.25, -0.2) is 4.39 Å². The smallest absolute Gasteiger partial charge is 0.220 e.